The number of nitrogens with one attached hydrogen (secondary N) is 1. The number of ether oxygens (including phenoxy) is 1. The Morgan fingerprint density at radius 3 is 2.84 bits per heavy atom. The molecule has 0 radical (unpaired) electrons. The molecule has 1 heterocycles. The van der Waals surface area contributed by atoms with Gasteiger partial charge in [0.2, 0.25) is 0 Å². The standard InChI is InChI=1S/C14H27NO3S/c1-4-8-15-14(3,13(16)17)7-5-10-19-12-6-9-18-11(12)2/h11-12,15H,4-10H2,1-3H3,(H,16,17). The molecule has 0 spiro atoms. The lowest BCUT2D eigenvalue weighted by Gasteiger charge is -2.26. The van der Waals surface area contributed by atoms with E-state index in [0.717, 1.165) is 38.2 Å². The summed E-state index contributed by atoms with van der Waals surface area (Å²) in [5, 5.41) is 13.1. The van der Waals surface area contributed by atoms with E-state index in [1.54, 1.807) is 6.92 Å². The zero-order valence-corrected chi connectivity index (χ0v) is 13.1. The summed E-state index contributed by atoms with van der Waals surface area (Å²) in [5.74, 6) is 0.262. The van der Waals surface area contributed by atoms with E-state index in [0.29, 0.717) is 17.8 Å². The third-order valence-electron chi connectivity index (χ3n) is 3.70. The highest BCUT2D eigenvalue weighted by molar-refractivity contribution is 7.99. The summed E-state index contributed by atoms with van der Waals surface area (Å²) in [7, 11) is 0. The first-order valence-electron chi connectivity index (χ1n) is 7.21. The second-order valence-electron chi connectivity index (χ2n) is 5.44. The van der Waals surface area contributed by atoms with Crippen molar-refractivity contribution >= 4 is 17.7 Å². The van der Waals surface area contributed by atoms with E-state index < -0.39 is 11.5 Å². The lowest BCUT2D eigenvalue weighted by Crippen LogP contribution is -2.49. The van der Waals surface area contributed by atoms with Gasteiger partial charge in [0.05, 0.1) is 6.10 Å². The molecule has 19 heavy (non-hydrogen) atoms. The number of aliphatic carboxylic acids is 1. The SMILES string of the molecule is CCCNC(C)(CCCSC1CCOC1C)C(=O)O. The Balaban J connectivity index is 2.26. The van der Waals surface area contributed by atoms with Crippen LogP contribution >= 0.6 is 11.8 Å². The van der Waals surface area contributed by atoms with Crippen molar-refractivity contribution in [2.45, 2.75) is 63.3 Å². The maximum atomic E-state index is 11.3. The minimum absolute atomic E-state index is 0.342. The molecule has 1 fully saturated rings. The van der Waals surface area contributed by atoms with Gasteiger partial charge >= 0.3 is 5.97 Å². The highest BCUT2D eigenvalue weighted by Crippen LogP contribution is 2.27. The van der Waals surface area contributed by atoms with Gasteiger partial charge in [-0.15, -0.1) is 0 Å². The van der Waals surface area contributed by atoms with Gasteiger partial charge in [0.25, 0.3) is 0 Å². The molecule has 2 N–H and O–H groups in total. The van der Waals surface area contributed by atoms with Gasteiger partial charge < -0.3 is 15.2 Å². The van der Waals surface area contributed by atoms with E-state index in [1.807, 2.05) is 18.7 Å². The molecular formula is C14H27NO3S. The maximum Gasteiger partial charge on any atom is 0.323 e. The van der Waals surface area contributed by atoms with Crippen LogP contribution in [0.1, 0.15) is 46.5 Å². The van der Waals surface area contributed by atoms with Crippen molar-refractivity contribution < 1.29 is 14.6 Å². The highest BCUT2D eigenvalue weighted by atomic mass is 32.2. The number of rotatable bonds is 9. The Kier molecular flexibility index (Phi) is 7.18. The molecule has 1 rings (SSSR count). The lowest BCUT2D eigenvalue weighted by atomic mass is 9.96. The summed E-state index contributed by atoms with van der Waals surface area (Å²) < 4.78 is 5.53. The van der Waals surface area contributed by atoms with Crippen molar-refractivity contribution in [3.05, 3.63) is 0 Å². The van der Waals surface area contributed by atoms with Gasteiger partial charge in [0, 0.05) is 11.9 Å². The highest BCUT2D eigenvalue weighted by Gasteiger charge is 2.32. The monoisotopic (exact) mass is 289 g/mol. The summed E-state index contributed by atoms with van der Waals surface area (Å²) in [6.45, 7) is 7.57. The topological polar surface area (TPSA) is 58.6 Å². The van der Waals surface area contributed by atoms with Crippen molar-refractivity contribution in [2.75, 3.05) is 18.9 Å². The average Bonchev–Trinajstić information content (AvgIpc) is 2.78. The van der Waals surface area contributed by atoms with E-state index >= 15 is 0 Å². The van der Waals surface area contributed by atoms with Crippen molar-refractivity contribution in [3.8, 4) is 0 Å². The third-order valence-corrected chi connectivity index (χ3v) is 5.27. The Hall–Kier alpha value is -0.260. The largest absolute Gasteiger partial charge is 0.480 e. The second kappa shape index (κ2) is 8.12. The van der Waals surface area contributed by atoms with Crippen molar-refractivity contribution in [1.29, 1.82) is 0 Å². The first-order valence-corrected chi connectivity index (χ1v) is 8.26. The molecular weight excluding hydrogens is 262 g/mol. The Labute approximate surface area is 120 Å². The van der Waals surface area contributed by atoms with E-state index in [4.69, 9.17) is 4.74 Å². The molecule has 3 atom stereocenters. The molecule has 0 bridgehead atoms. The van der Waals surface area contributed by atoms with Gasteiger partial charge in [-0.25, -0.2) is 0 Å². The smallest absolute Gasteiger partial charge is 0.323 e. The van der Waals surface area contributed by atoms with Crippen LogP contribution in [0.5, 0.6) is 0 Å². The Morgan fingerprint density at radius 1 is 1.58 bits per heavy atom. The van der Waals surface area contributed by atoms with Gasteiger partial charge in [-0.1, -0.05) is 6.92 Å². The van der Waals surface area contributed by atoms with Gasteiger partial charge in [0.15, 0.2) is 0 Å². The van der Waals surface area contributed by atoms with Crippen molar-refractivity contribution in [3.63, 3.8) is 0 Å². The number of carboxylic acid groups (broad SMARTS) is 1. The zero-order valence-electron chi connectivity index (χ0n) is 12.3. The summed E-state index contributed by atoms with van der Waals surface area (Å²) in [4.78, 5) is 11.3. The molecule has 1 aliphatic rings. The van der Waals surface area contributed by atoms with E-state index in [-0.39, 0.29) is 0 Å². The van der Waals surface area contributed by atoms with E-state index in [2.05, 4.69) is 12.2 Å². The van der Waals surface area contributed by atoms with Crippen LogP contribution in [0.25, 0.3) is 0 Å². The van der Waals surface area contributed by atoms with Crippen molar-refractivity contribution in [1.82, 2.24) is 5.32 Å². The van der Waals surface area contributed by atoms with Crippen LogP contribution in [0.4, 0.5) is 0 Å². The maximum absolute atomic E-state index is 11.3. The summed E-state index contributed by atoms with van der Waals surface area (Å²) in [6.07, 6.45) is 4.02. The lowest BCUT2D eigenvalue weighted by molar-refractivity contribution is -0.144. The molecule has 0 aromatic rings. The van der Waals surface area contributed by atoms with Gasteiger partial charge in [0.1, 0.15) is 5.54 Å². The molecule has 1 saturated heterocycles. The minimum Gasteiger partial charge on any atom is -0.480 e. The predicted octanol–water partition coefficient (Wildman–Crippen LogP) is 2.52. The average molecular weight is 289 g/mol. The predicted molar refractivity (Wildman–Crippen MR) is 79.8 cm³/mol. The fourth-order valence-corrected chi connectivity index (χ4v) is 3.49. The van der Waals surface area contributed by atoms with Gasteiger partial charge in [-0.3, -0.25) is 4.79 Å². The number of carboxylic acids is 1. The first kappa shape index (κ1) is 16.8. The first-order chi connectivity index (χ1) is 8.99. The number of thioether (sulfide) groups is 1. The fourth-order valence-electron chi connectivity index (χ4n) is 2.26. The molecule has 5 heteroatoms. The van der Waals surface area contributed by atoms with Crippen LogP contribution in [-0.4, -0.2) is 46.9 Å². The molecule has 1 aliphatic heterocycles. The molecule has 0 aromatic carbocycles. The fraction of sp³-hybridized carbons (Fsp3) is 0.929. The molecule has 0 aliphatic carbocycles. The van der Waals surface area contributed by atoms with Crippen LogP contribution < -0.4 is 5.32 Å². The quantitative estimate of drug-likeness (QED) is 0.639. The van der Waals surface area contributed by atoms with Crippen LogP contribution in [-0.2, 0) is 9.53 Å². The van der Waals surface area contributed by atoms with Crippen molar-refractivity contribution in [2.24, 2.45) is 0 Å². The minimum atomic E-state index is -0.783. The second-order valence-corrected chi connectivity index (χ2v) is 6.79. The molecule has 0 saturated carbocycles. The van der Waals surface area contributed by atoms with E-state index in [1.165, 1.54) is 0 Å². The third kappa shape index (κ3) is 5.32. The Morgan fingerprint density at radius 2 is 2.32 bits per heavy atom. The Bertz CT molecular complexity index is 288. The van der Waals surface area contributed by atoms with Crippen LogP contribution in [0.2, 0.25) is 0 Å². The number of carbonyl (C=O) groups is 1. The molecule has 4 nitrogen and oxygen atoms in total. The van der Waals surface area contributed by atoms with Crippen LogP contribution in [0.3, 0.4) is 0 Å². The molecule has 0 amide bonds. The van der Waals surface area contributed by atoms with E-state index in [9.17, 15) is 9.90 Å². The molecule has 0 aromatic heterocycles. The van der Waals surface area contributed by atoms with Gasteiger partial charge in [-0.05, 0) is 51.8 Å². The molecule has 112 valence electrons. The summed E-state index contributed by atoms with van der Waals surface area (Å²) >= 11 is 1.92. The summed E-state index contributed by atoms with van der Waals surface area (Å²) in [6, 6.07) is 0. The number of hydrogen-bond acceptors (Lipinski definition) is 4. The van der Waals surface area contributed by atoms with Crippen LogP contribution in [0, 0.1) is 0 Å². The number of hydrogen-bond donors (Lipinski definition) is 2. The van der Waals surface area contributed by atoms with Gasteiger partial charge in [-0.2, -0.15) is 11.8 Å². The summed E-state index contributed by atoms with van der Waals surface area (Å²) in [5.41, 5.74) is -0.783. The molecule has 3 unspecified atom stereocenters. The normalized spacial score (nSPS) is 26.3. The van der Waals surface area contributed by atoms with Crippen LogP contribution in [0.15, 0.2) is 0 Å². The zero-order chi connectivity index (χ0) is 14.3.